The molecular formula is C21H26BrN5O3S2. The van der Waals surface area contributed by atoms with Crippen LogP contribution in [0.5, 0.6) is 5.75 Å². The molecule has 0 bridgehead atoms. The number of aryl methyl sites for hydroxylation is 1. The largest absolute Gasteiger partial charge is 0.546 e. The average Bonchev–Trinajstić information content (AvgIpc) is 3.26. The van der Waals surface area contributed by atoms with Crippen molar-refractivity contribution in [2.45, 2.75) is 33.7 Å². The van der Waals surface area contributed by atoms with Crippen molar-refractivity contribution in [3.63, 3.8) is 0 Å². The Labute approximate surface area is 202 Å². The van der Waals surface area contributed by atoms with Gasteiger partial charge in [-0.05, 0) is 52.5 Å². The number of nitrogens with zero attached hydrogens (tertiary/aromatic N) is 3. The minimum absolute atomic E-state index is 0.105. The third kappa shape index (κ3) is 5.22. The molecule has 0 saturated carbocycles. The number of amides is 1. The van der Waals surface area contributed by atoms with E-state index in [4.69, 9.17) is 0 Å². The molecular weight excluding hydrogens is 514 g/mol. The zero-order valence-electron chi connectivity index (χ0n) is 18.7. The highest BCUT2D eigenvalue weighted by atomic mass is 79.9. The molecule has 0 saturated heterocycles. The normalized spacial score (nSPS) is 13.1. The highest BCUT2D eigenvalue weighted by molar-refractivity contribution is 9.10. The van der Waals surface area contributed by atoms with E-state index >= 15 is 0 Å². The maximum Gasteiger partial charge on any atom is 0.258 e. The first-order valence-corrected chi connectivity index (χ1v) is 12.5. The van der Waals surface area contributed by atoms with E-state index in [-0.39, 0.29) is 40.2 Å². The first kappa shape index (κ1) is 24.4. The lowest BCUT2D eigenvalue weighted by Crippen LogP contribution is -2.25. The predicted octanol–water partition coefficient (Wildman–Crippen LogP) is 5.69. The number of hydrogen-bond donors (Lipinski definition) is 3. The SMILES string of the molecule is Cc1ccc([C@H](Nc2n[s+]([O-])nc2Nc2ccc(Br)c(C(=O)N(C)C)c2O)C(C)(C)C)s1. The van der Waals surface area contributed by atoms with E-state index in [1.54, 1.807) is 37.6 Å². The van der Waals surface area contributed by atoms with Crippen LogP contribution in [0.15, 0.2) is 28.7 Å². The number of aromatic hydroxyl groups is 1. The first-order chi connectivity index (χ1) is 14.9. The van der Waals surface area contributed by atoms with E-state index in [1.807, 2.05) is 6.92 Å². The number of phenolic OH excluding ortho intramolecular Hbond substituents is 1. The van der Waals surface area contributed by atoms with Crippen molar-refractivity contribution < 1.29 is 14.5 Å². The van der Waals surface area contributed by atoms with Crippen molar-refractivity contribution >= 4 is 61.6 Å². The molecule has 0 radical (unpaired) electrons. The summed E-state index contributed by atoms with van der Waals surface area (Å²) in [4.78, 5) is 16.2. The number of carbonyl (C=O) groups is 1. The van der Waals surface area contributed by atoms with Crippen molar-refractivity contribution in [1.29, 1.82) is 0 Å². The van der Waals surface area contributed by atoms with Crippen LogP contribution in [0.4, 0.5) is 17.3 Å². The van der Waals surface area contributed by atoms with Crippen LogP contribution in [-0.4, -0.2) is 43.3 Å². The molecule has 2 heterocycles. The van der Waals surface area contributed by atoms with Gasteiger partial charge in [-0.15, -0.1) is 11.3 Å². The van der Waals surface area contributed by atoms with Gasteiger partial charge in [-0.2, -0.15) is 0 Å². The van der Waals surface area contributed by atoms with Crippen LogP contribution in [0, 0.1) is 12.3 Å². The molecule has 8 nitrogen and oxygen atoms in total. The Balaban J connectivity index is 1.97. The van der Waals surface area contributed by atoms with Crippen molar-refractivity contribution in [3.05, 3.63) is 44.1 Å². The van der Waals surface area contributed by atoms with Crippen molar-refractivity contribution in [1.82, 2.24) is 13.6 Å². The number of benzene rings is 1. The lowest BCUT2D eigenvalue weighted by molar-refractivity contribution is 0.0824. The molecule has 0 aliphatic heterocycles. The predicted molar refractivity (Wildman–Crippen MR) is 133 cm³/mol. The lowest BCUT2D eigenvalue weighted by Gasteiger charge is -2.30. The fourth-order valence-corrected chi connectivity index (χ4v) is 5.41. The molecule has 0 spiro atoms. The van der Waals surface area contributed by atoms with Gasteiger partial charge >= 0.3 is 0 Å². The highest BCUT2D eigenvalue weighted by Crippen LogP contribution is 2.42. The van der Waals surface area contributed by atoms with Gasteiger partial charge in [-0.3, -0.25) is 4.79 Å². The van der Waals surface area contributed by atoms with Gasteiger partial charge in [0.05, 0.1) is 17.3 Å². The summed E-state index contributed by atoms with van der Waals surface area (Å²) in [7, 11) is 3.21. The second kappa shape index (κ2) is 9.34. The Hall–Kier alpha value is -2.21. The second-order valence-corrected chi connectivity index (χ2v) is 11.6. The van der Waals surface area contributed by atoms with Crippen LogP contribution >= 0.6 is 38.4 Å². The Kier molecular flexibility index (Phi) is 7.13. The number of carbonyl (C=O) groups excluding carboxylic acids is 1. The molecule has 3 rings (SSSR count). The summed E-state index contributed by atoms with van der Waals surface area (Å²) < 4.78 is 20.8. The molecule has 0 fully saturated rings. The van der Waals surface area contributed by atoms with Crippen LogP contribution in [0.1, 0.15) is 46.9 Å². The summed E-state index contributed by atoms with van der Waals surface area (Å²) in [6.07, 6.45) is 0. The third-order valence-electron chi connectivity index (χ3n) is 4.76. The molecule has 172 valence electrons. The fourth-order valence-electron chi connectivity index (χ4n) is 3.12. The molecule has 2 aromatic heterocycles. The maximum absolute atomic E-state index is 12.5. The van der Waals surface area contributed by atoms with E-state index in [2.05, 4.69) is 68.2 Å². The van der Waals surface area contributed by atoms with Gasteiger partial charge in [0.1, 0.15) is 0 Å². The summed E-state index contributed by atoms with van der Waals surface area (Å²) >= 11 is 3.21. The van der Waals surface area contributed by atoms with Gasteiger partial charge in [0.25, 0.3) is 5.91 Å². The topological polar surface area (TPSA) is 113 Å². The smallest absolute Gasteiger partial charge is 0.258 e. The number of phenols is 1. The van der Waals surface area contributed by atoms with Gasteiger partial charge in [-0.25, -0.2) is 0 Å². The molecule has 11 heteroatoms. The van der Waals surface area contributed by atoms with E-state index in [1.165, 1.54) is 9.78 Å². The van der Waals surface area contributed by atoms with Crippen molar-refractivity contribution in [2.24, 2.45) is 5.41 Å². The number of anilines is 3. The molecule has 1 aromatic carbocycles. The summed E-state index contributed by atoms with van der Waals surface area (Å²) in [5.74, 6) is -0.0363. The summed E-state index contributed by atoms with van der Waals surface area (Å²) in [5, 5.41) is 17.1. The summed E-state index contributed by atoms with van der Waals surface area (Å²) in [6.45, 7) is 8.37. The van der Waals surface area contributed by atoms with Gasteiger partial charge in [0, 0.05) is 37.1 Å². The van der Waals surface area contributed by atoms with E-state index in [0.29, 0.717) is 10.3 Å². The Morgan fingerprint density at radius 2 is 1.88 bits per heavy atom. The maximum atomic E-state index is 12.5. The van der Waals surface area contributed by atoms with E-state index in [9.17, 15) is 14.5 Å². The molecule has 0 aliphatic rings. The number of rotatable bonds is 6. The highest BCUT2D eigenvalue weighted by Gasteiger charge is 2.31. The average molecular weight is 541 g/mol. The molecule has 1 amide bonds. The number of nitrogens with one attached hydrogen (secondary N) is 2. The van der Waals surface area contributed by atoms with Crippen LogP contribution in [-0.2, 0) is 0 Å². The monoisotopic (exact) mass is 539 g/mol. The van der Waals surface area contributed by atoms with E-state index < -0.39 is 11.1 Å². The minimum atomic E-state index is -1.80. The Morgan fingerprint density at radius 3 is 2.44 bits per heavy atom. The van der Waals surface area contributed by atoms with Gasteiger partial charge in [-0.1, -0.05) is 20.8 Å². The molecule has 3 aromatic rings. The van der Waals surface area contributed by atoms with Gasteiger partial charge in [0.15, 0.2) is 16.9 Å². The van der Waals surface area contributed by atoms with Crippen molar-refractivity contribution in [2.75, 3.05) is 24.7 Å². The standard InChI is InChI=1S/C21H26BrN5O3S2/c1-11-7-10-14(31-11)17(21(2,3)4)24-19-18(25-32(30)26-19)23-13-9-8-12(22)15(16(13)28)20(29)27(5)6/h7-10,17,28H,1-6H3,(H,23,25)(H,24,26)/t17-,32?/m0/s1. The minimum Gasteiger partial charge on any atom is -0.546 e. The zero-order chi connectivity index (χ0) is 23.8. The molecule has 32 heavy (non-hydrogen) atoms. The Morgan fingerprint density at radius 1 is 1.22 bits per heavy atom. The van der Waals surface area contributed by atoms with Crippen LogP contribution < -0.4 is 10.6 Å². The van der Waals surface area contributed by atoms with E-state index in [0.717, 1.165) is 4.88 Å². The summed E-state index contributed by atoms with van der Waals surface area (Å²) in [5.41, 5.74) is 0.206. The number of aromatic nitrogens is 2. The first-order valence-electron chi connectivity index (χ1n) is 9.81. The molecule has 1 unspecified atom stereocenters. The number of thiophene rings is 1. The number of halogens is 1. The molecule has 2 atom stereocenters. The van der Waals surface area contributed by atoms with Gasteiger partial charge in [0.2, 0.25) is 11.6 Å². The van der Waals surface area contributed by atoms with Crippen LogP contribution in [0.3, 0.4) is 0 Å². The lowest BCUT2D eigenvalue weighted by atomic mass is 9.86. The fraction of sp³-hybridized carbons (Fsp3) is 0.381. The molecule has 3 N–H and O–H groups in total. The third-order valence-corrected chi connectivity index (χ3v) is 7.16. The van der Waals surface area contributed by atoms with Crippen LogP contribution in [0.25, 0.3) is 0 Å². The Bertz CT molecular complexity index is 1140. The molecule has 0 aliphatic carbocycles. The van der Waals surface area contributed by atoms with Crippen molar-refractivity contribution in [3.8, 4) is 5.75 Å². The second-order valence-electron chi connectivity index (χ2n) is 8.65. The zero-order valence-corrected chi connectivity index (χ0v) is 21.9. The number of hydrogen-bond acceptors (Lipinski definition) is 8. The summed E-state index contributed by atoms with van der Waals surface area (Å²) in [6, 6.07) is 7.29. The quantitative estimate of drug-likeness (QED) is 0.272. The van der Waals surface area contributed by atoms with Crippen LogP contribution in [0.2, 0.25) is 0 Å². The van der Waals surface area contributed by atoms with Gasteiger partial charge < -0.3 is 25.2 Å².